The highest BCUT2D eigenvalue weighted by Crippen LogP contribution is 2.28. The van der Waals surface area contributed by atoms with Crippen molar-refractivity contribution in [1.29, 1.82) is 0 Å². The van der Waals surface area contributed by atoms with Gasteiger partial charge in [0.25, 0.3) is 6.43 Å². The molecule has 0 aliphatic carbocycles. The highest BCUT2D eigenvalue weighted by Gasteiger charge is 2.19. The van der Waals surface area contributed by atoms with Crippen LogP contribution in [0.4, 0.5) is 8.78 Å². The first-order chi connectivity index (χ1) is 8.04. The molecule has 0 amide bonds. The second kappa shape index (κ2) is 4.40. The first-order valence-electron chi connectivity index (χ1n) is 4.59. The van der Waals surface area contributed by atoms with Crippen LogP contribution < -0.4 is 0 Å². The number of hydrogen-bond acceptors (Lipinski definition) is 3. The first kappa shape index (κ1) is 12.0. The van der Waals surface area contributed by atoms with E-state index in [-0.39, 0.29) is 16.6 Å². The smallest absolute Gasteiger partial charge is 0.340 e. The molecule has 2 rings (SSSR count). The average molecular weight is 305 g/mol. The zero-order valence-corrected chi connectivity index (χ0v) is 10.2. The third-order valence-electron chi connectivity index (χ3n) is 2.23. The Morgan fingerprint density at radius 1 is 1.53 bits per heavy atom. The lowest BCUT2D eigenvalue weighted by Gasteiger charge is -2.01. The Bertz CT molecular complexity index is 583. The summed E-state index contributed by atoms with van der Waals surface area (Å²) in [5.41, 5.74) is 0.690. The predicted octanol–water partition coefficient (Wildman–Crippen LogP) is 3.05. The summed E-state index contributed by atoms with van der Waals surface area (Å²) in [6, 6.07) is 3.04. The zero-order valence-electron chi connectivity index (χ0n) is 8.63. The molecule has 0 saturated carbocycles. The molecule has 0 radical (unpaired) electrons. The molecule has 2 aromatic rings. The summed E-state index contributed by atoms with van der Waals surface area (Å²) in [5, 5.41) is 0. The SMILES string of the molecule is COC(=O)c1ccc(Br)c2nc(C(F)F)[nH]c12. The number of nitrogens with one attached hydrogen (secondary N) is 1. The number of aromatic amines is 1. The molecular weight excluding hydrogens is 298 g/mol. The monoisotopic (exact) mass is 304 g/mol. The van der Waals surface area contributed by atoms with E-state index in [9.17, 15) is 13.6 Å². The van der Waals surface area contributed by atoms with Crippen LogP contribution in [0.25, 0.3) is 11.0 Å². The molecule has 0 aliphatic heterocycles. The second-order valence-corrected chi connectivity index (χ2v) is 4.09. The summed E-state index contributed by atoms with van der Waals surface area (Å²) in [4.78, 5) is 17.6. The molecule has 0 spiro atoms. The van der Waals surface area contributed by atoms with Crippen molar-refractivity contribution in [1.82, 2.24) is 9.97 Å². The number of ether oxygens (including phenoxy) is 1. The molecule has 1 heterocycles. The third-order valence-corrected chi connectivity index (χ3v) is 2.87. The number of rotatable bonds is 2. The molecule has 1 aromatic heterocycles. The van der Waals surface area contributed by atoms with E-state index in [0.717, 1.165) is 0 Å². The van der Waals surface area contributed by atoms with Crippen LogP contribution in [0.15, 0.2) is 16.6 Å². The quantitative estimate of drug-likeness (QED) is 0.868. The number of esters is 1. The molecule has 0 aliphatic rings. The fourth-order valence-corrected chi connectivity index (χ4v) is 1.88. The lowest BCUT2D eigenvalue weighted by atomic mass is 10.2. The van der Waals surface area contributed by atoms with Crippen molar-refractivity contribution < 1.29 is 18.3 Å². The van der Waals surface area contributed by atoms with Crippen molar-refractivity contribution in [3.8, 4) is 0 Å². The van der Waals surface area contributed by atoms with Gasteiger partial charge in [0.05, 0.1) is 18.2 Å². The van der Waals surface area contributed by atoms with Crippen molar-refractivity contribution in [2.45, 2.75) is 6.43 Å². The molecule has 0 fully saturated rings. The molecule has 7 heteroatoms. The van der Waals surface area contributed by atoms with Crippen LogP contribution in [0.5, 0.6) is 0 Å². The molecule has 0 saturated heterocycles. The molecular formula is C10H7BrF2N2O2. The van der Waals surface area contributed by atoms with Crippen molar-refractivity contribution >= 4 is 32.9 Å². The van der Waals surface area contributed by atoms with Gasteiger partial charge < -0.3 is 9.72 Å². The van der Waals surface area contributed by atoms with E-state index in [1.165, 1.54) is 13.2 Å². The largest absolute Gasteiger partial charge is 0.465 e. The van der Waals surface area contributed by atoms with Gasteiger partial charge in [-0.2, -0.15) is 0 Å². The molecule has 4 nitrogen and oxygen atoms in total. The number of benzene rings is 1. The zero-order chi connectivity index (χ0) is 12.6. The van der Waals surface area contributed by atoms with Crippen molar-refractivity contribution in [3.63, 3.8) is 0 Å². The maximum Gasteiger partial charge on any atom is 0.340 e. The molecule has 0 bridgehead atoms. The Morgan fingerprint density at radius 3 is 2.82 bits per heavy atom. The Balaban J connectivity index is 2.71. The van der Waals surface area contributed by atoms with E-state index in [1.807, 2.05) is 0 Å². The fourth-order valence-electron chi connectivity index (χ4n) is 1.46. The molecule has 17 heavy (non-hydrogen) atoms. The van der Waals surface area contributed by atoms with Crippen molar-refractivity contribution in [3.05, 3.63) is 28.0 Å². The van der Waals surface area contributed by atoms with Gasteiger partial charge in [0.1, 0.15) is 5.52 Å². The lowest BCUT2D eigenvalue weighted by molar-refractivity contribution is 0.0602. The van der Waals surface area contributed by atoms with Gasteiger partial charge in [-0.3, -0.25) is 0 Å². The number of carbonyl (C=O) groups is 1. The van der Waals surface area contributed by atoms with Gasteiger partial charge in [0.15, 0.2) is 5.82 Å². The predicted molar refractivity (Wildman–Crippen MR) is 60.1 cm³/mol. The fraction of sp³-hybridized carbons (Fsp3) is 0.200. The average Bonchev–Trinajstić information content (AvgIpc) is 2.74. The standard InChI is InChI=1S/C10H7BrF2N2O2/c1-17-10(16)4-2-3-5(11)7-6(4)14-9(15-7)8(12)13/h2-3,8H,1H3,(H,14,15). The number of H-pyrrole nitrogens is 1. The van der Waals surface area contributed by atoms with Crippen LogP contribution in [0, 0.1) is 0 Å². The van der Waals surface area contributed by atoms with E-state index in [2.05, 4.69) is 30.6 Å². The Labute approximate surface area is 103 Å². The second-order valence-electron chi connectivity index (χ2n) is 3.23. The van der Waals surface area contributed by atoms with Crippen LogP contribution in [0.2, 0.25) is 0 Å². The van der Waals surface area contributed by atoms with Crippen molar-refractivity contribution in [2.24, 2.45) is 0 Å². The van der Waals surface area contributed by atoms with Gasteiger partial charge in [0, 0.05) is 4.47 Å². The van der Waals surface area contributed by atoms with Gasteiger partial charge in [-0.05, 0) is 28.1 Å². The van der Waals surface area contributed by atoms with E-state index < -0.39 is 18.2 Å². The van der Waals surface area contributed by atoms with Gasteiger partial charge >= 0.3 is 5.97 Å². The minimum absolute atomic E-state index is 0.171. The molecule has 0 atom stereocenters. The normalized spacial score (nSPS) is 11.1. The number of alkyl halides is 2. The Kier molecular flexibility index (Phi) is 3.10. The van der Waals surface area contributed by atoms with Gasteiger partial charge in [-0.25, -0.2) is 18.6 Å². The molecule has 1 N–H and O–H groups in total. The summed E-state index contributed by atoms with van der Waals surface area (Å²) in [5.74, 6) is -1.08. The minimum atomic E-state index is -2.72. The topological polar surface area (TPSA) is 55.0 Å². The van der Waals surface area contributed by atoms with Crippen molar-refractivity contribution in [2.75, 3.05) is 7.11 Å². The number of carbonyl (C=O) groups excluding carboxylic acids is 1. The molecule has 0 unspecified atom stereocenters. The summed E-state index contributed by atoms with van der Waals surface area (Å²) < 4.78 is 30.1. The number of methoxy groups -OCH3 is 1. The van der Waals surface area contributed by atoms with Crippen LogP contribution in [0.1, 0.15) is 22.6 Å². The van der Waals surface area contributed by atoms with Crippen LogP contribution >= 0.6 is 15.9 Å². The van der Waals surface area contributed by atoms with E-state index >= 15 is 0 Å². The number of halogens is 3. The molecule has 90 valence electrons. The van der Waals surface area contributed by atoms with Crippen LogP contribution in [-0.2, 0) is 4.74 Å². The first-order valence-corrected chi connectivity index (χ1v) is 5.38. The maximum absolute atomic E-state index is 12.5. The summed E-state index contributed by atoms with van der Waals surface area (Å²) in [6.07, 6.45) is -2.72. The summed E-state index contributed by atoms with van der Waals surface area (Å²) in [6.45, 7) is 0. The van der Waals surface area contributed by atoms with Gasteiger partial charge in [-0.1, -0.05) is 0 Å². The Morgan fingerprint density at radius 2 is 2.24 bits per heavy atom. The van der Waals surface area contributed by atoms with Crippen LogP contribution in [0.3, 0.4) is 0 Å². The van der Waals surface area contributed by atoms with Gasteiger partial charge in [0.2, 0.25) is 0 Å². The highest BCUT2D eigenvalue weighted by molar-refractivity contribution is 9.10. The number of fused-ring (bicyclic) bond motifs is 1. The highest BCUT2D eigenvalue weighted by atomic mass is 79.9. The number of hydrogen-bond donors (Lipinski definition) is 1. The summed E-state index contributed by atoms with van der Waals surface area (Å²) >= 11 is 3.18. The number of imidazole rings is 1. The molecule has 1 aromatic carbocycles. The van der Waals surface area contributed by atoms with E-state index in [1.54, 1.807) is 6.07 Å². The number of aromatic nitrogens is 2. The number of nitrogens with zero attached hydrogens (tertiary/aromatic N) is 1. The third kappa shape index (κ3) is 2.02. The maximum atomic E-state index is 12.5. The Hall–Kier alpha value is -1.50. The summed E-state index contributed by atoms with van der Waals surface area (Å²) in [7, 11) is 1.22. The lowest BCUT2D eigenvalue weighted by Crippen LogP contribution is -2.02. The van der Waals surface area contributed by atoms with Crippen LogP contribution in [-0.4, -0.2) is 23.0 Å². The van der Waals surface area contributed by atoms with E-state index in [0.29, 0.717) is 4.47 Å². The van der Waals surface area contributed by atoms with Gasteiger partial charge in [-0.15, -0.1) is 0 Å². The minimum Gasteiger partial charge on any atom is -0.465 e. The van der Waals surface area contributed by atoms with E-state index in [4.69, 9.17) is 0 Å².